The van der Waals surface area contributed by atoms with Crippen molar-refractivity contribution in [3.63, 3.8) is 0 Å². The lowest BCUT2D eigenvalue weighted by atomic mass is 10.0. The van der Waals surface area contributed by atoms with E-state index in [1.165, 1.54) is 0 Å². The maximum atomic E-state index is 12.2. The molecule has 1 aliphatic rings. The van der Waals surface area contributed by atoms with Crippen molar-refractivity contribution < 1.29 is 22.6 Å². The third-order valence-corrected chi connectivity index (χ3v) is 5.05. The number of rotatable bonds is 10. The second-order valence-corrected chi connectivity index (χ2v) is 8.16. The maximum Gasteiger partial charge on any atom is 0.411 e. The van der Waals surface area contributed by atoms with Crippen molar-refractivity contribution in [2.75, 3.05) is 46.5 Å². The first-order valence-corrected chi connectivity index (χ1v) is 10.8. The summed E-state index contributed by atoms with van der Waals surface area (Å²) >= 11 is 0. The minimum atomic E-state index is -4.30. The van der Waals surface area contributed by atoms with E-state index in [9.17, 15) is 13.2 Å². The molecule has 9 heteroatoms. The molecule has 1 aliphatic heterocycles. The standard InChI is InChI=1S/C22H35F3N4O2/c1-17(2)12-20(29-8-10-30-11-9-29)14-28-21(26-3)27-13-18-4-6-19(7-5-18)15-31-16-22(23,24)25/h4-7,17,20H,8-16H2,1-3H3,(H2,26,27,28). The number of ether oxygens (including phenoxy) is 2. The molecule has 6 nitrogen and oxygen atoms in total. The average Bonchev–Trinajstić information content (AvgIpc) is 2.73. The number of benzene rings is 1. The van der Waals surface area contributed by atoms with E-state index in [0.717, 1.165) is 50.8 Å². The van der Waals surface area contributed by atoms with Crippen LogP contribution in [0.5, 0.6) is 0 Å². The van der Waals surface area contributed by atoms with Crippen LogP contribution in [-0.2, 0) is 22.6 Å². The summed E-state index contributed by atoms with van der Waals surface area (Å²) in [5.74, 6) is 1.32. The van der Waals surface area contributed by atoms with Crippen LogP contribution in [0.3, 0.4) is 0 Å². The molecule has 1 unspecified atom stereocenters. The van der Waals surface area contributed by atoms with E-state index in [4.69, 9.17) is 4.74 Å². The summed E-state index contributed by atoms with van der Waals surface area (Å²) in [4.78, 5) is 6.78. The van der Waals surface area contributed by atoms with Crippen molar-refractivity contribution in [2.24, 2.45) is 10.9 Å². The van der Waals surface area contributed by atoms with Gasteiger partial charge in [-0.25, -0.2) is 0 Å². The summed E-state index contributed by atoms with van der Waals surface area (Å²) in [5.41, 5.74) is 1.71. The predicted molar refractivity (Wildman–Crippen MR) is 116 cm³/mol. The largest absolute Gasteiger partial charge is 0.411 e. The fourth-order valence-electron chi connectivity index (χ4n) is 3.51. The Hall–Kier alpha value is -1.84. The molecule has 0 saturated carbocycles. The smallest absolute Gasteiger partial charge is 0.379 e. The van der Waals surface area contributed by atoms with Gasteiger partial charge in [0, 0.05) is 39.3 Å². The Kier molecular flexibility index (Phi) is 10.6. The van der Waals surface area contributed by atoms with Gasteiger partial charge in [0.1, 0.15) is 6.61 Å². The van der Waals surface area contributed by atoms with Crippen LogP contribution >= 0.6 is 0 Å². The van der Waals surface area contributed by atoms with Crippen molar-refractivity contribution in [2.45, 2.75) is 45.6 Å². The third kappa shape index (κ3) is 10.3. The number of guanidine groups is 1. The number of halogens is 3. The van der Waals surface area contributed by atoms with E-state index < -0.39 is 12.8 Å². The molecule has 1 saturated heterocycles. The highest BCUT2D eigenvalue weighted by Gasteiger charge is 2.27. The third-order valence-electron chi connectivity index (χ3n) is 5.05. The summed E-state index contributed by atoms with van der Waals surface area (Å²) in [7, 11) is 1.74. The number of morpholine rings is 1. The Labute approximate surface area is 183 Å². The van der Waals surface area contributed by atoms with Crippen LogP contribution in [0, 0.1) is 5.92 Å². The number of hydrogen-bond donors (Lipinski definition) is 2. The molecular formula is C22H35F3N4O2. The molecule has 1 atom stereocenters. The molecule has 0 bridgehead atoms. The van der Waals surface area contributed by atoms with Crippen molar-refractivity contribution >= 4 is 5.96 Å². The van der Waals surface area contributed by atoms with E-state index in [1.807, 2.05) is 12.1 Å². The number of hydrogen-bond acceptors (Lipinski definition) is 4. The van der Waals surface area contributed by atoms with Crippen LogP contribution in [0.15, 0.2) is 29.3 Å². The predicted octanol–water partition coefficient (Wildman–Crippen LogP) is 3.18. The summed E-state index contributed by atoms with van der Waals surface area (Å²) in [6.07, 6.45) is -3.20. The van der Waals surface area contributed by atoms with Crippen LogP contribution in [-0.4, -0.2) is 69.6 Å². The van der Waals surface area contributed by atoms with E-state index in [0.29, 0.717) is 24.1 Å². The second kappa shape index (κ2) is 12.9. The quantitative estimate of drug-likeness (QED) is 0.429. The lowest BCUT2D eigenvalue weighted by Gasteiger charge is -2.35. The summed E-state index contributed by atoms with van der Waals surface area (Å²) in [6.45, 7) is 7.99. The van der Waals surface area contributed by atoms with Crippen molar-refractivity contribution in [3.05, 3.63) is 35.4 Å². The molecule has 1 aromatic rings. The van der Waals surface area contributed by atoms with Crippen LogP contribution < -0.4 is 10.6 Å². The Morgan fingerprint density at radius 2 is 1.77 bits per heavy atom. The molecule has 31 heavy (non-hydrogen) atoms. The highest BCUT2D eigenvalue weighted by molar-refractivity contribution is 5.79. The van der Waals surface area contributed by atoms with Gasteiger partial charge in [0.25, 0.3) is 0 Å². The van der Waals surface area contributed by atoms with Gasteiger partial charge in [0.2, 0.25) is 0 Å². The first kappa shape index (κ1) is 25.4. The lowest BCUT2D eigenvalue weighted by Crippen LogP contribution is -2.50. The molecule has 2 N–H and O–H groups in total. The minimum Gasteiger partial charge on any atom is -0.379 e. The highest BCUT2D eigenvalue weighted by atomic mass is 19.4. The highest BCUT2D eigenvalue weighted by Crippen LogP contribution is 2.16. The number of aliphatic imine (C=N–C) groups is 1. The zero-order chi connectivity index (χ0) is 22.7. The molecule has 1 fully saturated rings. The average molecular weight is 445 g/mol. The van der Waals surface area contributed by atoms with Gasteiger partial charge in [-0.15, -0.1) is 0 Å². The van der Waals surface area contributed by atoms with Crippen molar-refractivity contribution in [1.29, 1.82) is 0 Å². The molecule has 0 radical (unpaired) electrons. The van der Waals surface area contributed by atoms with Gasteiger partial charge in [-0.05, 0) is 23.5 Å². The Morgan fingerprint density at radius 3 is 2.35 bits per heavy atom. The zero-order valence-corrected chi connectivity index (χ0v) is 18.7. The molecule has 1 heterocycles. The number of nitrogens with zero attached hydrogens (tertiary/aromatic N) is 2. The first-order valence-electron chi connectivity index (χ1n) is 10.8. The first-order chi connectivity index (χ1) is 14.8. The van der Waals surface area contributed by atoms with Crippen molar-refractivity contribution in [1.82, 2.24) is 15.5 Å². The lowest BCUT2D eigenvalue weighted by molar-refractivity contribution is -0.176. The minimum absolute atomic E-state index is 0.0603. The zero-order valence-electron chi connectivity index (χ0n) is 18.7. The van der Waals surface area contributed by atoms with Crippen LogP contribution in [0.1, 0.15) is 31.4 Å². The Bertz CT molecular complexity index is 660. The Morgan fingerprint density at radius 1 is 1.13 bits per heavy atom. The summed E-state index contributed by atoms with van der Waals surface area (Å²) in [5, 5.41) is 6.72. The van der Waals surface area contributed by atoms with Gasteiger partial charge in [0.05, 0.1) is 19.8 Å². The van der Waals surface area contributed by atoms with E-state index in [2.05, 4.69) is 39.1 Å². The number of alkyl halides is 3. The normalized spacial score (nSPS) is 17.1. The monoisotopic (exact) mass is 444 g/mol. The maximum absolute atomic E-state index is 12.2. The molecule has 0 amide bonds. The van der Waals surface area contributed by atoms with Gasteiger partial charge >= 0.3 is 6.18 Å². The fraction of sp³-hybridized carbons (Fsp3) is 0.682. The van der Waals surface area contributed by atoms with Crippen molar-refractivity contribution in [3.8, 4) is 0 Å². The fourth-order valence-corrected chi connectivity index (χ4v) is 3.51. The van der Waals surface area contributed by atoms with Gasteiger partial charge in [-0.1, -0.05) is 38.1 Å². The molecule has 2 rings (SSSR count). The summed E-state index contributed by atoms with van der Waals surface area (Å²) in [6, 6.07) is 7.73. The van der Waals surface area contributed by atoms with Gasteiger partial charge in [-0.3, -0.25) is 9.89 Å². The van der Waals surface area contributed by atoms with Crippen LogP contribution in [0.25, 0.3) is 0 Å². The van der Waals surface area contributed by atoms with Gasteiger partial charge < -0.3 is 20.1 Å². The summed E-state index contributed by atoms with van der Waals surface area (Å²) < 4.78 is 46.6. The van der Waals surface area contributed by atoms with Gasteiger partial charge in [0.15, 0.2) is 5.96 Å². The molecule has 0 aliphatic carbocycles. The van der Waals surface area contributed by atoms with E-state index in [-0.39, 0.29) is 6.61 Å². The SMILES string of the molecule is CN=C(NCc1ccc(COCC(F)(F)F)cc1)NCC(CC(C)C)N1CCOCC1. The topological polar surface area (TPSA) is 58.1 Å². The van der Waals surface area contributed by atoms with E-state index in [1.54, 1.807) is 19.2 Å². The van der Waals surface area contributed by atoms with Crippen LogP contribution in [0.4, 0.5) is 13.2 Å². The molecule has 0 spiro atoms. The Balaban J connectivity index is 1.78. The molecule has 176 valence electrons. The van der Waals surface area contributed by atoms with Gasteiger partial charge in [-0.2, -0.15) is 13.2 Å². The van der Waals surface area contributed by atoms with Crippen LogP contribution in [0.2, 0.25) is 0 Å². The van der Waals surface area contributed by atoms with E-state index >= 15 is 0 Å². The number of nitrogens with one attached hydrogen (secondary N) is 2. The molecular weight excluding hydrogens is 409 g/mol. The molecule has 1 aromatic carbocycles. The molecule has 0 aromatic heterocycles. The second-order valence-electron chi connectivity index (χ2n) is 8.16.